The van der Waals surface area contributed by atoms with Gasteiger partial charge in [-0.05, 0) is 23.5 Å². The van der Waals surface area contributed by atoms with Gasteiger partial charge in [-0.15, -0.1) is 5.10 Å². The normalized spacial score (nSPS) is 16.3. The van der Waals surface area contributed by atoms with Crippen molar-refractivity contribution in [1.82, 2.24) is 14.8 Å². The molecule has 1 aliphatic heterocycles. The van der Waals surface area contributed by atoms with E-state index < -0.39 is 11.9 Å². The van der Waals surface area contributed by atoms with Gasteiger partial charge in [0.05, 0.1) is 5.57 Å². The summed E-state index contributed by atoms with van der Waals surface area (Å²) in [4.78, 5) is 16.9. The Hall–Kier alpha value is -3.41. The van der Waals surface area contributed by atoms with Crippen molar-refractivity contribution in [3.63, 3.8) is 0 Å². The average Bonchev–Trinajstić information content (AvgIpc) is 3.10. The second kappa shape index (κ2) is 6.88. The number of fused-ring (bicyclic) bond motifs is 1. The van der Waals surface area contributed by atoms with E-state index in [1.807, 2.05) is 49.4 Å². The van der Waals surface area contributed by atoms with Gasteiger partial charge in [0.2, 0.25) is 11.9 Å². The number of carbonyl (C=O) groups excluding carboxylic acids is 1. The van der Waals surface area contributed by atoms with Gasteiger partial charge in [0.25, 0.3) is 0 Å². The minimum atomic E-state index is -0.471. The molecule has 2 heterocycles. The summed E-state index contributed by atoms with van der Waals surface area (Å²) in [6.07, 6.45) is 0. The lowest BCUT2D eigenvalue weighted by atomic mass is 9.87. The van der Waals surface area contributed by atoms with Crippen molar-refractivity contribution in [1.29, 1.82) is 0 Å². The lowest BCUT2D eigenvalue weighted by molar-refractivity contribution is -0.115. The number of nitrogens with two attached hydrogens (primary N) is 1. The molecule has 4 rings (SSSR count). The monoisotopic (exact) mass is 387 g/mol. The van der Waals surface area contributed by atoms with Crippen molar-refractivity contribution in [2.24, 2.45) is 5.73 Å². The van der Waals surface area contributed by atoms with E-state index in [1.165, 1.54) is 5.56 Å². The van der Waals surface area contributed by atoms with Gasteiger partial charge < -0.3 is 11.1 Å². The zero-order valence-electron chi connectivity index (χ0n) is 17.1. The van der Waals surface area contributed by atoms with Gasteiger partial charge in [-0.3, -0.25) is 4.79 Å². The van der Waals surface area contributed by atoms with Gasteiger partial charge >= 0.3 is 0 Å². The van der Waals surface area contributed by atoms with Gasteiger partial charge in [0.15, 0.2) is 5.82 Å². The number of aromatic nitrogens is 3. The summed E-state index contributed by atoms with van der Waals surface area (Å²) in [6, 6.07) is 17.6. The van der Waals surface area contributed by atoms with Crippen molar-refractivity contribution >= 4 is 11.9 Å². The summed E-state index contributed by atoms with van der Waals surface area (Å²) in [7, 11) is 0. The van der Waals surface area contributed by atoms with Crippen molar-refractivity contribution in [3.8, 4) is 11.4 Å². The fourth-order valence-electron chi connectivity index (χ4n) is 3.66. The predicted molar refractivity (Wildman–Crippen MR) is 114 cm³/mol. The minimum absolute atomic E-state index is 0.0801. The van der Waals surface area contributed by atoms with Crippen molar-refractivity contribution in [2.45, 2.75) is 39.2 Å². The summed E-state index contributed by atoms with van der Waals surface area (Å²) in [5, 5.41) is 7.92. The van der Waals surface area contributed by atoms with E-state index in [2.05, 4.69) is 43.2 Å². The molecule has 2 aromatic carbocycles. The Morgan fingerprint density at radius 3 is 2.31 bits per heavy atom. The molecule has 1 unspecified atom stereocenters. The maximum atomic E-state index is 12.2. The SMILES string of the molecule is CC1=C(C(N)=O)C(c2ccccc2)n2nc(-c3ccc(C(C)(C)C)cc3)nc2N1. The second-order valence-electron chi connectivity index (χ2n) is 8.37. The predicted octanol–water partition coefficient (Wildman–Crippen LogP) is 4.02. The number of allylic oxidation sites excluding steroid dienone is 1. The van der Waals surface area contributed by atoms with Crippen LogP contribution in [-0.2, 0) is 10.2 Å². The molecule has 29 heavy (non-hydrogen) atoms. The Balaban J connectivity index is 1.80. The van der Waals surface area contributed by atoms with E-state index in [0.29, 0.717) is 23.0 Å². The maximum absolute atomic E-state index is 12.2. The summed E-state index contributed by atoms with van der Waals surface area (Å²) in [6.45, 7) is 8.39. The second-order valence-corrected chi connectivity index (χ2v) is 8.37. The van der Waals surface area contributed by atoms with Crippen LogP contribution < -0.4 is 11.1 Å². The highest BCUT2D eigenvalue weighted by molar-refractivity contribution is 5.95. The van der Waals surface area contributed by atoms with E-state index in [1.54, 1.807) is 4.68 Å². The molecule has 1 amide bonds. The Kier molecular flexibility index (Phi) is 4.49. The number of nitrogens with zero attached hydrogens (tertiary/aromatic N) is 3. The van der Waals surface area contributed by atoms with Crippen molar-refractivity contribution in [2.75, 3.05) is 5.32 Å². The van der Waals surface area contributed by atoms with Crippen LogP contribution in [0.25, 0.3) is 11.4 Å². The first kappa shape index (κ1) is 18.9. The molecule has 148 valence electrons. The molecule has 6 heteroatoms. The van der Waals surface area contributed by atoms with Crippen LogP contribution in [0.4, 0.5) is 5.95 Å². The van der Waals surface area contributed by atoms with Crippen LogP contribution in [0.5, 0.6) is 0 Å². The zero-order chi connectivity index (χ0) is 20.8. The average molecular weight is 387 g/mol. The molecule has 1 aliphatic rings. The third-order valence-electron chi connectivity index (χ3n) is 5.24. The number of amides is 1. The molecule has 0 bridgehead atoms. The summed E-state index contributed by atoms with van der Waals surface area (Å²) >= 11 is 0. The van der Waals surface area contributed by atoms with Crippen LogP contribution in [0.1, 0.15) is 44.9 Å². The van der Waals surface area contributed by atoms with Crippen molar-refractivity contribution < 1.29 is 4.79 Å². The van der Waals surface area contributed by atoms with Crippen LogP contribution in [-0.4, -0.2) is 20.7 Å². The number of hydrogen-bond donors (Lipinski definition) is 2. The number of primary amides is 1. The molecule has 3 N–H and O–H groups in total. The topological polar surface area (TPSA) is 85.8 Å². The molecule has 6 nitrogen and oxygen atoms in total. The molecule has 1 aromatic heterocycles. The molecule has 0 aliphatic carbocycles. The van der Waals surface area contributed by atoms with Gasteiger partial charge in [0, 0.05) is 11.3 Å². The molecule has 0 saturated carbocycles. The number of hydrogen-bond acceptors (Lipinski definition) is 4. The Morgan fingerprint density at radius 1 is 1.07 bits per heavy atom. The number of nitrogens with one attached hydrogen (secondary N) is 1. The van der Waals surface area contributed by atoms with Gasteiger partial charge in [-0.1, -0.05) is 75.4 Å². The number of anilines is 1. The van der Waals surface area contributed by atoms with E-state index >= 15 is 0 Å². The molecule has 3 aromatic rings. The first-order chi connectivity index (χ1) is 13.8. The van der Waals surface area contributed by atoms with E-state index in [-0.39, 0.29) is 5.41 Å². The third kappa shape index (κ3) is 3.42. The van der Waals surface area contributed by atoms with Crippen LogP contribution in [0.3, 0.4) is 0 Å². The standard InChI is InChI=1S/C23H25N5O/c1-14-18(20(24)29)19(15-8-6-5-7-9-15)28-22(25-14)26-21(27-28)16-10-12-17(13-11-16)23(2,3)4/h5-13,19H,1-4H3,(H2,24,29)(H,25,26,27). The van der Waals surface area contributed by atoms with Crippen LogP contribution >= 0.6 is 0 Å². The molecule has 0 spiro atoms. The highest BCUT2D eigenvalue weighted by atomic mass is 16.1. The Morgan fingerprint density at radius 2 is 1.72 bits per heavy atom. The zero-order valence-corrected chi connectivity index (χ0v) is 17.1. The Labute approximate surface area is 170 Å². The Bertz CT molecular complexity index is 1090. The third-order valence-corrected chi connectivity index (χ3v) is 5.24. The summed E-state index contributed by atoms with van der Waals surface area (Å²) < 4.78 is 1.75. The number of benzene rings is 2. The highest BCUT2D eigenvalue weighted by Crippen LogP contribution is 2.36. The summed E-state index contributed by atoms with van der Waals surface area (Å²) in [5.74, 6) is 0.727. The molecular formula is C23H25N5O. The lowest BCUT2D eigenvalue weighted by Gasteiger charge is -2.27. The molecule has 0 fully saturated rings. The fraction of sp³-hybridized carbons (Fsp3) is 0.261. The molecule has 0 saturated heterocycles. The number of carbonyl (C=O) groups is 1. The van der Waals surface area contributed by atoms with Crippen LogP contribution in [0.2, 0.25) is 0 Å². The van der Waals surface area contributed by atoms with Crippen LogP contribution in [0, 0.1) is 0 Å². The quantitative estimate of drug-likeness (QED) is 0.711. The smallest absolute Gasteiger partial charge is 0.248 e. The van der Waals surface area contributed by atoms with Crippen LogP contribution in [0.15, 0.2) is 65.9 Å². The van der Waals surface area contributed by atoms with E-state index in [9.17, 15) is 4.79 Å². The highest BCUT2D eigenvalue weighted by Gasteiger charge is 2.33. The molecule has 1 atom stereocenters. The molecule has 0 radical (unpaired) electrons. The van der Waals surface area contributed by atoms with Gasteiger partial charge in [-0.25, -0.2) is 4.68 Å². The largest absolute Gasteiger partial charge is 0.366 e. The number of rotatable bonds is 3. The first-order valence-electron chi connectivity index (χ1n) is 9.65. The maximum Gasteiger partial charge on any atom is 0.248 e. The van der Waals surface area contributed by atoms with Crippen molar-refractivity contribution in [3.05, 3.63) is 77.0 Å². The van der Waals surface area contributed by atoms with E-state index in [4.69, 9.17) is 10.8 Å². The molecular weight excluding hydrogens is 362 g/mol. The summed E-state index contributed by atoms with van der Waals surface area (Å²) in [5.41, 5.74) is 10.1. The minimum Gasteiger partial charge on any atom is -0.366 e. The lowest BCUT2D eigenvalue weighted by Crippen LogP contribution is -2.31. The van der Waals surface area contributed by atoms with Gasteiger partial charge in [-0.2, -0.15) is 4.98 Å². The fourth-order valence-corrected chi connectivity index (χ4v) is 3.66. The first-order valence-corrected chi connectivity index (χ1v) is 9.65. The van der Waals surface area contributed by atoms with Gasteiger partial charge in [0.1, 0.15) is 6.04 Å². The van der Waals surface area contributed by atoms with E-state index in [0.717, 1.165) is 11.1 Å².